The molecule has 78 valence electrons. The van der Waals surface area contributed by atoms with E-state index in [-0.39, 0.29) is 6.04 Å². The molecule has 3 N–H and O–H groups in total. The Labute approximate surface area is 87.9 Å². The number of aromatic nitrogens is 3. The molecule has 1 unspecified atom stereocenters. The summed E-state index contributed by atoms with van der Waals surface area (Å²) in [5, 5.41) is 0. The first kappa shape index (κ1) is 9.82. The van der Waals surface area contributed by atoms with Crippen LogP contribution in [-0.4, -0.2) is 14.5 Å². The van der Waals surface area contributed by atoms with Crippen LogP contribution in [0.2, 0.25) is 0 Å². The standard InChI is InChI=1S/C10H13N5/c1-15-6-9(13-7-15)10(14-11)8-3-2-4-12-5-8/h2-7,10,14H,11H2,1H3. The zero-order valence-electron chi connectivity index (χ0n) is 8.46. The van der Waals surface area contributed by atoms with Gasteiger partial charge in [0.05, 0.1) is 18.1 Å². The third-order valence-corrected chi connectivity index (χ3v) is 2.21. The summed E-state index contributed by atoms with van der Waals surface area (Å²) in [4.78, 5) is 8.31. The first-order valence-corrected chi connectivity index (χ1v) is 4.65. The van der Waals surface area contributed by atoms with Gasteiger partial charge in [0.15, 0.2) is 0 Å². The largest absolute Gasteiger partial charge is 0.340 e. The number of hydrogen-bond acceptors (Lipinski definition) is 4. The highest BCUT2D eigenvalue weighted by molar-refractivity contribution is 5.23. The van der Waals surface area contributed by atoms with Crippen LogP contribution in [0.5, 0.6) is 0 Å². The van der Waals surface area contributed by atoms with Gasteiger partial charge in [-0.15, -0.1) is 0 Å². The van der Waals surface area contributed by atoms with Crippen LogP contribution in [0.3, 0.4) is 0 Å². The Morgan fingerprint density at radius 1 is 1.53 bits per heavy atom. The zero-order chi connectivity index (χ0) is 10.7. The number of aryl methyl sites for hydroxylation is 1. The number of hydrazine groups is 1. The van der Waals surface area contributed by atoms with Gasteiger partial charge >= 0.3 is 0 Å². The van der Waals surface area contributed by atoms with Crippen molar-refractivity contribution in [3.05, 3.63) is 48.3 Å². The second-order valence-corrected chi connectivity index (χ2v) is 3.35. The molecule has 15 heavy (non-hydrogen) atoms. The molecule has 0 spiro atoms. The molecule has 5 nitrogen and oxygen atoms in total. The number of pyridine rings is 1. The molecule has 0 aliphatic heterocycles. The molecule has 0 aromatic carbocycles. The normalized spacial score (nSPS) is 12.7. The predicted octanol–water partition coefficient (Wildman–Crippen LogP) is 0.368. The molecule has 1 atom stereocenters. The van der Waals surface area contributed by atoms with Crippen molar-refractivity contribution in [2.45, 2.75) is 6.04 Å². The van der Waals surface area contributed by atoms with Gasteiger partial charge in [0.1, 0.15) is 0 Å². The summed E-state index contributed by atoms with van der Waals surface area (Å²) in [7, 11) is 1.92. The van der Waals surface area contributed by atoms with E-state index in [1.54, 1.807) is 18.7 Å². The lowest BCUT2D eigenvalue weighted by atomic mass is 10.1. The quantitative estimate of drug-likeness (QED) is 0.558. The average molecular weight is 203 g/mol. The highest BCUT2D eigenvalue weighted by atomic mass is 15.2. The van der Waals surface area contributed by atoms with E-state index in [1.807, 2.05) is 29.9 Å². The molecule has 2 rings (SSSR count). The van der Waals surface area contributed by atoms with Crippen molar-refractivity contribution in [3.63, 3.8) is 0 Å². The van der Waals surface area contributed by atoms with Crippen molar-refractivity contribution in [3.8, 4) is 0 Å². The molecule has 5 heteroatoms. The van der Waals surface area contributed by atoms with E-state index in [1.165, 1.54) is 0 Å². The summed E-state index contributed by atoms with van der Waals surface area (Å²) in [5.41, 5.74) is 4.61. The second-order valence-electron chi connectivity index (χ2n) is 3.35. The molecule has 0 saturated heterocycles. The molecule has 2 aromatic heterocycles. The summed E-state index contributed by atoms with van der Waals surface area (Å²) >= 11 is 0. The first-order chi connectivity index (χ1) is 7.31. The molecule has 0 bridgehead atoms. The van der Waals surface area contributed by atoms with E-state index >= 15 is 0 Å². The van der Waals surface area contributed by atoms with Gasteiger partial charge in [-0.25, -0.2) is 10.4 Å². The molecular weight excluding hydrogens is 190 g/mol. The molecular formula is C10H13N5. The highest BCUT2D eigenvalue weighted by Gasteiger charge is 2.14. The number of nitrogens with zero attached hydrogens (tertiary/aromatic N) is 3. The van der Waals surface area contributed by atoms with E-state index in [4.69, 9.17) is 5.84 Å². The average Bonchev–Trinajstić information content (AvgIpc) is 2.68. The van der Waals surface area contributed by atoms with Crippen molar-refractivity contribution < 1.29 is 0 Å². The van der Waals surface area contributed by atoms with Crippen molar-refractivity contribution >= 4 is 0 Å². The second kappa shape index (κ2) is 4.20. The van der Waals surface area contributed by atoms with Crippen molar-refractivity contribution in [2.24, 2.45) is 12.9 Å². The zero-order valence-corrected chi connectivity index (χ0v) is 8.46. The monoisotopic (exact) mass is 203 g/mol. The minimum atomic E-state index is -0.111. The number of nitrogens with one attached hydrogen (secondary N) is 1. The first-order valence-electron chi connectivity index (χ1n) is 4.65. The Morgan fingerprint density at radius 3 is 2.93 bits per heavy atom. The van der Waals surface area contributed by atoms with Crippen LogP contribution in [-0.2, 0) is 7.05 Å². The van der Waals surface area contributed by atoms with E-state index in [0.29, 0.717) is 0 Å². The topological polar surface area (TPSA) is 68.8 Å². The summed E-state index contributed by atoms with van der Waals surface area (Å²) < 4.78 is 1.88. The lowest BCUT2D eigenvalue weighted by Gasteiger charge is -2.12. The molecule has 0 radical (unpaired) electrons. The van der Waals surface area contributed by atoms with Gasteiger partial charge < -0.3 is 4.57 Å². The maximum absolute atomic E-state index is 5.52. The van der Waals surface area contributed by atoms with Gasteiger partial charge in [-0.3, -0.25) is 10.8 Å². The highest BCUT2D eigenvalue weighted by Crippen LogP contribution is 2.17. The van der Waals surface area contributed by atoms with Gasteiger partial charge in [0.25, 0.3) is 0 Å². The molecule has 0 amide bonds. The Bertz CT molecular complexity index is 422. The fourth-order valence-corrected chi connectivity index (χ4v) is 1.48. The van der Waals surface area contributed by atoms with Gasteiger partial charge in [0.2, 0.25) is 0 Å². The van der Waals surface area contributed by atoms with Crippen LogP contribution in [0.1, 0.15) is 17.3 Å². The van der Waals surface area contributed by atoms with Crippen molar-refractivity contribution in [1.29, 1.82) is 0 Å². The van der Waals surface area contributed by atoms with Crippen molar-refractivity contribution in [2.75, 3.05) is 0 Å². The number of imidazole rings is 1. The number of nitrogens with two attached hydrogens (primary N) is 1. The number of rotatable bonds is 3. The SMILES string of the molecule is Cn1cnc(C(NN)c2cccnc2)c1. The summed E-state index contributed by atoms with van der Waals surface area (Å²) in [5.74, 6) is 5.52. The Balaban J connectivity index is 2.33. The third kappa shape index (κ3) is 2.03. The number of hydrogen-bond donors (Lipinski definition) is 2. The molecule has 0 aliphatic carbocycles. The summed E-state index contributed by atoms with van der Waals surface area (Å²) in [6.45, 7) is 0. The van der Waals surface area contributed by atoms with Gasteiger partial charge in [-0.2, -0.15) is 0 Å². The van der Waals surface area contributed by atoms with E-state index in [0.717, 1.165) is 11.3 Å². The van der Waals surface area contributed by atoms with Gasteiger partial charge in [-0.1, -0.05) is 6.07 Å². The Morgan fingerprint density at radius 2 is 2.40 bits per heavy atom. The van der Waals surface area contributed by atoms with Crippen LogP contribution >= 0.6 is 0 Å². The fraction of sp³-hybridized carbons (Fsp3) is 0.200. The Hall–Kier alpha value is -1.72. The lowest BCUT2D eigenvalue weighted by Crippen LogP contribution is -2.29. The minimum Gasteiger partial charge on any atom is -0.340 e. The third-order valence-electron chi connectivity index (χ3n) is 2.21. The van der Waals surface area contributed by atoms with E-state index in [9.17, 15) is 0 Å². The fourth-order valence-electron chi connectivity index (χ4n) is 1.48. The predicted molar refractivity (Wildman–Crippen MR) is 56.6 cm³/mol. The molecule has 0 fully saturated rings. The van der Waals surface area contributed by atoms with Crippen LogP contribution in [0.15, 0.2) is 37.1 Å². The van der Waals surface area contributed by atoms with Crippen LogP contribution in [0.25, 0.3) is 0 Å². The molecule has 2 heterocycles. The molecule has 0 saturated carbocycles. The molecule has 2 aromatic rings. The van der Waals surface area contributed by atoms with Crippen LogP contribution in [0, 0.1) is 0 Å². The Kier molecular flexibility index (Phi) is 2.75. The van der Waals surface area contributed by atoms with Crippen LogP contribution in [0.4, 0.5) is 0 Å². The van der Waals surface area contributed by atoms with E-state index < -0.39 is 0 Å². The minimum absolute atomic E-state index is 0.111. The maximum Gasteiger partial charge on any atom is 0.0947 e. The molecule has 0 aliphatic rings. The smallest absolute Gasteiger partial charge is 0.0947 e. The van der Waals surface area contributed by atoms with Crippen molar-refractivity contribution in [1.82, 2.24) is 20.0 Å². The lowest BCUT2D eigenvalue weighted by molar-refractivity contribution is 0.621. The van der Waals surface area contributed by atoms with Gasteiger partial charge in [-0.05, 0) is 11.6 Å². The van der Waals surface area contributed by atoms with E-state index in [2.05, 4.69) is 15.4 Å². The summed E-state index contributed by atoms with van der Waals surface area (Å²) in [6, 6.07) is 3.73. The van der Waals surface area contributed by atoms with Crippen LogP contribution < -0.4 is 11.3 Å². The summed E-state index contributed by atoms with van der Waals surface area (Å²) in [6.07, 6.45) is 7.18. The van der Waals surface area contributed by atoms with Gasteiger partial charge in [0, 0.05) is 25.6 Å². The maximum atomic E-state index is 5.52.